The van der Waals surface area contributed by atoms with Gasteiger partial charge in [0.2, 0.25) is 0 Å². The van der Waals surface area contributed by atoms with E-state index in [4.69, 9.17) is 0 Å². The van der Waals surface area contributed by atoms with Gasteiger partial charge in [0.05, 0.1) is 0 Å². The van der Waals surface area contributed by atoms with Crippen LogP contribution in [0.15, 0.2) is 72.4 Å². The van der Waals surface area contributed by atoms with E-state index in [0.717, 1.165) is 29.6 Å². The molecule has 0 N–H and O–H groups in total. The van der Waals surface area contributed by atoms with E-state index in [-0.39, 0.29) is 5.41 Å². The predicted molar refractivity (Wildman–Crippen MR) is 129 cm³/mol. The second-order valence-corrected chi connectivity index (χ2v) is 11.9. The molecule has 0 heteroatoms. The van der Waals surface area contributed by atoms with Crippen LogP contribution in [-0.2, 0) is 0 Å². The van der Waals surface area contributed by atoms with Crippen molar-refractivity contribution in [3.63, 3.8) is 0 Å². The molecule has 0 aliphatic heterocycles. The largest absolute Gasteiger partial charge is 0.0765 e. The van der Waals surface area contributed by atoms with Crippen LogP contribution in [0, 0.1) is 46.8 Å². The molecule has 0 heterocycles. The van der Waals surface area contributed by atoms with Crippen LogP contribution in [0.4, 0.5) is 0 Å². The summed E-state index contributed by atoms with van der Waals surface area (Å²) in [6, 6.07) is 9.11. The maximum atomic E-state index is 2.70. The second kappa shape index (κ2) is 6.47. The molecule has 1 aromatic rings. The molecule has 0 saturated heterocycles. The number of hydrogen-bond donors (Lipinski definition) is 0. The quantitative estimate of drug-likeness (QED) is 0.581. The summed E-state index contributed by atoms with van der Waals surface area (Å²) in [5.41, 5.74) is 4.92. The third-order valence-corrected chi connectivity index (χ3v) is 9.87. The Morgan fingerprint density at radius 3 is 2.23 bits per heavy atom. The molecular weight excluding hydrogens is 372 g/mol. The highest BCUT2D eigenvalue weighted by atomic mass is 14.5. The molecule has 2 atom stereocenters. The molecule has 0 aromatic heterocycles. The van der Waals surface area contributed by atoms with Crippen molar-refractivity contribution in [2.75, 3.05) is 0 Å². The lowest BCUT2D eigenvalue weighted by Crippen LogP contribution is -2.45. The smallest absolute Gasteiger partial charge is 0.0252 e. The molecule has 0 amide bonds. The minimum Gasteiger partial charge on any atom is -0.0765 e. The van der Waals surface area contributed by atoms with E-state index < -0.39 is 0 Å². The summed E-state index contributed by atoms with van der Waals surface area (Å²) in [6.45, 7) is 5.00. The Kier molecular flexibility index (Phi) is 3.86. The van der Waals surface area contributed by atoms with E-state index in [1.807, 2.05) is 0 Å². The van der Waals surface area contributed by atoms with Crippen LogP contribution in [0.5, 0.6) is 0 Å². The minimum absolute atomic E-state index is 0.113. The van der Waals surface area contributed by atoms with Crippen molar-refractivity contribution in [3.8, 4) is 0 Å². The van der Waals surface area contributed by atoms with Gasteiger partial charge in [0.25, 0.3) is 0 Å². The summed E-state index contributed by atoms with van der Waals surface area (Å²) < 4.78 is 0. The lowest BCUT2D eigenvalue weighted by atomic mass is 9.50. The maximum Gasteiger partial charge on any atom is 0.0252 e. The molecule has 0 spiro atoms. The Morgan fingerprint density at radius 1 is 0.774 bits per heavy atom. The van der Waals surface area contributed by atoms with Crippen LogP contribution >= 0.6 is 0 Å². The molecule has 4 saturated carbocycles. The fraction of sp³-hybridized carbons (Fsp3) is 0.484. The van der Waals surface area contributed by atoms with Gasteiger partial charge < -0.3 is 0 Å². The molecule has 8 rings (SSSR count). The number of fused-ring (bicyclic) bond motifs is 2. The molecule has 31 heavy (non-hydrogen) atoms. The summed E-state index contributed by atoms with van der Waals surface area (Å²) in [5.74, 6) is 5.85. The number of allylic oxidation sites excluding steroid dienone is 8. The van der Waals surface area contributed by atoms with E-state index in [9.17, 15) is 0 Å². The molecule has 2 unspecified atom stereocenters. The van der Waals surface area contributed by atoms with E-state index in [1.165, 1.54) is 41.7 Å². The fourth-order valence-electron chi connectivity index (χ4n) is 8.79. The fourth-order valence-corrected chi connectivity index (χ4v) is 8.79. The van der Waals surface area contributed by atoms with Gasteiger partial charge in [0, 0.05) is 11.8 Å². The van der Waals surface area contributed by atoms with Gasteiger partial charge in [-0.05, 0) is 94.3 Å². The van der Waals surface area contributed by atoms with Gasteiger partial charge in [-0.15, -0.1) is 0 Å². The Balaban J connectivity index is 1.27. The van der Waals surface area contributed by atoms with Gasteiger partial charge in [0.15, 0.2) is 0 Å². The first-order valence-electron chi connectivity index (χ1n) is 12.7. The van der Waals surface area contributed by atoms with Crippen molar-refractivity contribution in [1.82, 2.24) is 0 Å². The topological polar surface area (TPSA) is 0 Å². The van der Waals surface area contributed by atoms with E-state index in [1.54, 1.807) is 17.6 Å². The Bertz CT molecular complexity index is 1150. The molecule has 158 valence electrons. The lowest BCUT2D eigenvalue weighted by Gasteiger charge is -2.55. The maximum absolute atomic E-state index is 2.70. The number of benzene rings is 1. The van der Waals surface area contributed by atoms with Crippen LogP contribution in [0.1, 0.15) is 46.0 Å². The molecule has 0 nitrogen and oxygen atoms in total. The minimum atomic E-state index is 0.113. The highest BCUT2D eigenvalue weighted by molar-refractivity contribution is 5.82. The average molecular weight is 407 g/mol. The van der Waals surface area contributed by atoms with E-state index in [0.29, 0.717) is 11.8 Å². The van der Waals surface area contributed by atoms with Crippen molar-refractivity contribution < 1.29 is 0 Å². The van der Waals surface area contributed by atoms with Gasteiger partial charge >= 0.3 is 0 Å². The highest BCUT2D eigenvalue weighted by Gasteiger charge is 2.49. The molecule has 0 radical (unpaired) electrons. The highest BCUT2D eigenvalue weighted by Crippen LogP contribution is 2.59. The molecular formula is C31H34. The van der Waals surface area contributed by atoms with Crippen LogP contribution in [0.2, 0.25) is 0 Å². The third-order valence-electron chi connectivity index (χ3n) is 9.87. The monoisotopic (exact) mass is 406 g/mol. The van der Waals surface area contributed by atoms with E-state index in [2.05, 4.69) is 80.6 Å². The normalized spacial score (nSPS) is 39.3. The van der Waals surface area contributed by atoms with Crippen molar-refractivity contribution in [2.24, 2.45) is 46.8 Å². The van der Waals surface area contributed by atoms with Gasteiger partial charge in [-0.3, -0.25) is 0 Å². The second-order valence-electron chi connectivity index (χ2n) is 11.9. The summed E-state index contributed by atoms with van der Waals surface area (Å²) in [5, 5.41) is 2.93. The lowest BCUT2D eigenvalue weighted by molar-refractivity contribution is -0.0194. The zero-order valence-electron chi connectivity index (χ0n) is 18.9. The Morgan fingerprint density at radius 2 is 1.48 bits per heavy atom. The zero-order chi connectivity index (χ0) is 20.7. The summed E-state index contributed by atoms with van der Waals surface area (Å²) in [4.78, 5) is 0. The molecule has 4 fully saturated rings. The Labute approximate surface area is 186 Å². The summed E-state index contributed by atoms with van der Waals surface area (Å²) in [7, 11) is 0. The first kappa shape index (κ1) is 18.5. The van der Waals surface area contributed by atoms with Crippen molar-refractivity contribution in [2.45, 2.75) is 46.0 Å². The van der Waals surface area contributed by atoms with Gasteiger partial charge in [-0.1, -0.05) is 80.6 Å². The third kappa shape index (κ3) is 2.60. The molecule has 4 bridgehead atoms. The summed E-state index contributed by atoms with van der Waals surface area (Å²) >= 11 is 0. The molecule has 7 aliphatic carbocycles. The van der Waals surface area contributed by atoms with E-state index >= 15 is 0 Å². The molecule has 7 aliphatic rings. The SMILES string of the molecule is CC(C)(C1=c2ccccc2=C2C=CC=CC21)C1C=CC(C2C3CC4CC(C3)CC2C4)=C1. The van der Waals surface area contributed by atoms with Crippen LogP contribution in [0.3, 0.4) is 0 Å². The van der Waals surface area contributed by atoms with Crippen molar-refractivity contribution in [3.05, 3.63) is 82.8 Å². The zero-order valence-corrected chi connectivity index (χ0v) is 18.9. The van der Waals surface area contributed by atoms with Crippen LogP contribution in [0.25, 0.3) is 11.1 Å². The first-order chi connectivity index (χ1) is 15.1. The predicted octanol–water partition coefficient (Wildman–Crippen LogP) is 5.95. The van der Waals surface area contributed by atoms with Crippen LogP contribution < -0.4 is 10.4 Å². The summed E-state index contributed by atoms with van der Waals surface area (Å²) in [6.07, 6.45) is 24.6. The van der Waals surface area contributed by atoms with Gasteiger partial charge in [-0.25, -0.2) is 0 Å². The number of rotatable bonds is 3. The molecule has 1 aromatic carbocycles. The Hall–Kier alpha value is -2.08. The van der Waals surface area contributed by atoms with Crippen molar-refractivity contribution >= 4 is 11.1 Å². The average Bonchev–Trinajstić information content (AvgIpc) is 3.37. The first-order valence-corrected chi connectivity index (χ1v) is 12.7. The van der Waals surface area contributed by atoms with Crippen molar-refractivity contribution in [1.29, 1.82) is 0 Å². The van der Waals surface area contributed by atoms with Crippen LogP contribution in [-0.4, -0.2) is 0 Å². The van der Waals surface area contributed by atoms with Gasteiger partial charge in [-0.2, -0.15) is 0 Å². The standard InChI is InChI=1S/C31H34/c1-31(2,30-27-9-5-3-7-25(27)26-8-4-6-10-28(26)30)24-12-11-21(18-24)29-22-14-19-13-20(16-22)17-23(29)15-19/h3-12,18-20,22-24,27,29H,13-17H2,1-2H3. The van der Waals surface area contributed by atoms with Gasteiger partial charge in [0.1, 0.15) is 0 Å². The number of hydrogen-bond acceptors (Lipinski definition) is 0.